The number of rotatable bonds is 5. The molecule has 1 saturated heterocycles. The fraction of sp³-hybridized carbons (Fsp3) is 0.533. The molecule has 0 bridgehead atoms. The highest BCUT2D eigenvalue weighted by atomic mass is 35.5. The third kappa shape index (κ3) is 5.74. The third-order valence-corrected chi connectivity index (χ3v) is 6.34. The molecule has 24 heavy (non-hydrogen) atoms. The Morgan fingerprint density at radius 2 is 1.88 bits per heavy atom. The number of likely N-dealkylation sites (N-methyl/N-ethyl adjacent to an activating group) is 1. The normalized spacial score (nSPS) is 19.5. The Kier molecular flexibility index (Phi) is 6.73. The van der Waals surface area contributed by atoms with Crippen molar-refractivity contribution in [2.75, 3.05) is 44.0 Å². The molecule has 1 atom stereocenters. The van der Waals surface area contributed by atoms with Gasteiger partial charge in [-0.1, -0.05) is 23.2 Å². The van der Waals surface area contributed by atoms with Crippen LogP contribution in [0.3, 0.4) is 0 Å². The maximum Gasteiger partial charge on any atom is 0.173 e. The molecule has 1 aromatic carbocycles. The minimum atomic E-state index is -2.98. The van der Waals surface area contributed by atoms with Crippen LogP contribution < -0.4 is 5.32 Å². The summed E-state index contributed by atoms with van der Waals surface area (Å²) in [5, 5.41) is 4.63. The van der Waals surface area contributed by atoms with Crippen LogP contribution in [0.15, 0.2) is 18.2 Å². The summed E-state index contributed by atoms with van der Waals surface area (Å²) < 4.78 is 23.6. The summed E-state index contributed by atoms with van der Waals surface area (Å²) in [5.74, 6) is 0.348. The molecular formula is C15H21Cl2N3O2S2. The summed E-state index contributed by atoms with van der Waals surface area (Å²) in [6, 6.07) is 5.00. The number of anilines is 1. The summed E-state index contributed by atoms with van der Waals surface area (Å²) in [7, 11) is 0.954. The smallest absolute Gasteiger partial charge is 0.173 e. The van der Waals surface area contributed by atoms with Crippen molar-refractivity contribution in [2.24, 2.45) is 0 Å². The molecule has 9 heteroatoms. The van der Waals surface area contributed by atoms with Crippen molar-refractivity contribution in [2.45, 2.75) is 12.5 Å². The molecule has 1 fully saturated rings. The lowest BCUT2D eigenvalue weighted by Crippen LogP contribution is -2.46. The lowest BCUT2D eigenvalue weighted by Gasteiger charge is -2.32. The van der Waals surface area contributed by atoms with Crippen LogP contribution in [-0.2, 0) is 9.84 Å². The van der Waals surface area contributed by atoms with Gasteiger partial charge in [-0.3, -0.25) is 0 Å². The molecule has 0 spiro atoms. The first-order valence-corrected chi connectivity index (χ1v) is 10.5. The standard InChI is InChI=1S/C15H21Cl2N3O2S2/c1-19(2)4-5-20(14-3-6-24(21,22)10-14)15(23)18-13-8-11(16)7-12(17)9-13/h7-9,14H,3-6,10H2,1-2H3,(H,18,23)/t14-/m0/s1. The zero-order valence-corrected chi connectivity index (χ0v) is 16.8. The first-order valence-electron chi connectivity index (χ1n) is 7.55. The third-order valence-electron chi connectivity index (χ3n) is 3.81. The largest absolute Gasteiger partial charge is 0.344 e. The van der Waals surface area contributed by atoms with Gasteiger partial charge in [-0.25, -0.2) is 8.42 Å². The zero-order valence-electron chi connectivity index (χ0n) is 13.6. The molecule has 134 valence electrons. The van der Waals surface area contributed by atoms with E-state index >= 15 is 0 Å². The van der Waals surface area contributed by atoms with Gasteiger partial charge in [0.1, 0.15) is 0 Å². The van der Waals surface area contributed by atoms with E-state index in [1.54, 1.807) is 18.2 Å². The molecule has 1 aliphatic rings. The van der Waals surface area contributed by atoms with Crippen molar-refractivity contribution in [3.05, 3.63) is 28.2 Å². The summed E-state index contributed by atoms with van der Waals surface area (Å²) in [4.78, 5) is 3.99. The number of halogens is 2. The molecule has 0 radical (unpaired) electrons. The molecule has 1 heterocycles. The highest BCUT2D eigenvalue weighted by molar-refractivity contribution is 7.91. The molecule has 2 rings (SSSR count). The Labute approximate surface area is 158 Å². The SMILES string of the molecule is CN(C)CCN(C(=S)Nc1cc(Cl)cc(Cl)c1)[C@H]1CCS(=O)(=O)C1. The van der Waals surface area contributed by atoms with Gasteiger partial charge in [0.2, 0.25) is 0 Å². The van der Waals surface area contributed by atoms with E-state index in [1.165, 1.54) is 0 Å². The maximum atomic E-state index is 11.8. The van der Waals surface area contributed by atoms with Crippen LogP contribution in [0.25, 0.3) is 0 Å². The lowest BCUT2D eigenvalue weighted by molar-refractivity contribution is 0.289. The molecule has 0 saturated carbocycles. The van der Waals surface area contributed by atoms with Gasteiger partial charge in [0.25, 0.3) is 0 Å². The second-order valence-electron chi connectivity index (χ2n) is 6.14. The van der Waals surface area contributed by atoms with E-state index in [1.807, 2.05) is 23.9 Å². The molecule has 0 aromatic heterocycles. The summed E-state index contributed by atoms with van der Waals surface area (Å²) in [5.41, 5.74) is 0.688. The Balaban J connectivity index is 2.14. The summed E-state index contributed by atoms with van der Waals surface area (Å²) in [6.07, 6.45) is 0.591. The first kappa shape index (κ1) is 19.7. The number of nitrogens with one attached hydrogen (secondary N) is 1. The van der Waals surface area contributed by atoms with Crippen LogP contribution in [0.5, 0.6) is 0 Å². The summed E-state index contributed by atoms with van der Waals surface area (Å²) in [6.45, 7) is 1.42. The molecule has 0 unspecified atom stereocenters. The average Bonchev–Trinajstić information content (AvgIpc) is 2.77. The predicted molar refractivity (Wildman–Crippen MR) is 105 cm³/mol. The van der Waals surface area contributed by atoms with Crippen molar-refractivity contribution in [1.29, 1.82) is 0 Å². The fourth-order valence-corrected chi connectivity index (χ4v) is 5.22. The highest BCUT2D eigenvalue weighted by Gasteiger charge is 2.33. The second kappa shape index (κ2) is 8.19. The van der Waals surface area contributed by atoms with Gasteiger partial charge in [0.15, 0.2) is 14.9 Å². The number of benzene rings is 1. The van der Waals surface area contributed by atoms with E-state index in [4.69, 9.17) is 35.4 Å². The van der Waals surface area contributed by atoms with Gasteiger partial charge in [-0.15, -0.1) is 0 Å². The lowest BCUT2D eigenvalue weighted by atomic mass is 10.2. The molecule has 1 N–H and O–H groups in total. The maximum absolute atomic E-state index is 11.8. The topological polar surface area (TPSA) is 52.6 Å². The number of nitrogens with zero attached hydrogens (tertiary/aromatic N) is 2. The minimum Gasteiger partial charge on any atom is -0.344 e. The van der Waals surface area contributed by atoms with Crippen LogP contribution in [0.1, 0.15) is 6.42 Å². The molecule has 5 nitrogen and oxygen atoms in total. The van der Waals surface area contributed by atoms with Crippen molar-refractivity contribution < 1.29 is 8.42 Å². The molecule has 1 aromatic rings. The van der Waals surface area contributed by atoms with Crippen molar-refractivity contribution >= 4 is 56.1 Å². The number of sulfone groups is 1. The van der Waals surface area contributed by atoms with E-state index in [0.717, 1.165) is 6.54 Å². The van der Waals surface area contributed by atoms with Crippen molar-refractivity contribution in [3.8, 4) is 0 Å². The van der Waals surface area contributed by atoms with Crippen LogP contribution in [-0.4, -0.2) is 68.1 Å². The van der Waals surface area contributed by atoms with E-state index in [9.17, 15) is 8.42 Å². The van der Waals surface area contributed by atoms with Gasteiger partial charge in [0, 0.05) is 34.9 Å². The van der Waals surface area contributed by atoms with Gasteiger partial charge < -0.3 is 15.1 Å². The van der Waals surface area contributed by atoms with Crippen molar-refractivity contribution in [1.82, 2.24) is 9.80 Å². The fourth-order valence-electron chi connectivity index (χ4n) is 2.60. The quantitative estimate of drug-likeness (QED) is 0.754. The molecule has 1 aliphatic heterocycles. The second-order valence-corrected chi connectivity index (χ2v) is 9.63. The predicted octanol–water partition coefficient (Wildman–Crippen LogP) is 2.74. The summed E-state index contributed by atoms with van der Waals surface area (Å²) >= 11 is 17.5. The van der Waals surface area contributed by atoms with Crippen LogP contribution in [0.4, 0.5) is 5.69 Å². The number of hydrogen-bond donors (Lipinski definition) is 1. The molecular weight excluding hydrogens is 389 g/mol. The van der Waals surface area contributed by atoms with Crippen LogP contribution >= 0.6 is 35.4 Å². The van der Waals surface area contributed by atoms with Crippen LogP contribution in [0.2, 0.25) is 10.0 Å². The Hall–Kier alpha value is -0.600. The van der Waals surface area contributed by atoms with Gasteiger partial charge in [0.05, 0.1) is 11.5 Å². The number of hydrogen-bond acceptors (Lipinski definition) is 4. The van der Waals surface area contributed by atoms with Crippen molar-refractivity contribution in [3.63, 3.8) is 0 Å². The first-order chi connectivity index (χ1) is 11.2. The van der Waals surface area contributed by atoms with E-state index in [2.05, 4.69) is 5.32 Å². The Morgan fingerprint density at radius 3 is 2.38 bits per heavy atom. The van der Waals surface area contributed by atoms with E-state index in [-0.39, 0.29) is 17.5 Å². The Bertz CT molecular complexity index is 690. The van der Waals surface area contributed by atoms with Gasteiger partial charge >= 0.3 is 0 Å². The van der Waals surface area contributed by atoms with Gasteiger partial charge in [-0.2, -0.15) is 0 Å². The number of thiocarbonyl (C=S) groups is 1. The van der Waals surface area contributed by atoms with Crippen LogP contribution in [0, 0.1) is 0 Å². The minimum absolute atomic E-state index is 0.107. The van der Waals surface area contributed by atoms with E-state index in [0.29, 0.717) is 33.8 Å². The highest BCUT2D eigenvalue weighted by Crippen LogP contribution is 2.24. The molecule has 0 aliphatic carbocycles. The zero-order chi connectivity index (χ0) is 17.9. The monoisotopic (exact) mass is 409 g/mol. The average molecular weight is 410 g/mol. The van der Waals surface area contributed by atoms with Gasteiger partial charge in [-0.05, 0) is 50.9 Å². The molecule has 0 amide bonds. The van der Waals surface area contributed by atoms with E-state index < -0.39 is 9.84 Å². The Morgan fingerprint density at radius 1 is 1.25 bits per heavy atom.